The van der Waals surface area contributed by atoms with Crippen LogP contribution in [0.3, 0.4) is 0 Å². The molecule has 1 aromatic carbocycles. The summed E-state index contributed by atoms with van der Waals surface area (Å²) in [6.45, 7) is 5.59. The van der Waals surface area contributed by atoms with Crippen LogP contribution in [0.25, 0.3) is 6.08 Å². The third-order valence-corrected chi connectivity index (χ3v) is 4.01. The number of phenolic OH excluding ortho intramolecular Hbond substituents is 1. The highest BCUT2D eigenvalue weighted by molar-refractivity contribution is 6.17. The molecular formula is C20H28O7. The SMILES string of the molecule is CCCCCC(C)(C)OC(=O)C(=Cc1cc(OC)c(O)c(OC)c1)C(=O)O. The Morgan fingerprint density at radius 1 is 1.11 bits per heavy atom. The Bertz CT molecular complexity index is 679. The van der Waals surface area contributed by atoms with Crippen LogP contribution in [-0.2, 0) is 14.3 Å². The number of aromatic hydroxyl groups is 1. The van der Waals surface area contributed by atoms with Crippen molar-refractivity contribution in [3.63, 3.8) is 0 Å². The minimum atomic E-state index is -1.41. The Balaban J connectivity index is 3.14. The van der Waals surface area contributed by atoms with Gasteiger partial charge in [-0.05, 0) is 50.5 Å². The van der Waals surface area contributed by atoms with E-state index in [1.54, 1.807) is 13.8 Å². The van der Waals surface area contributed by atoms with Crippen molar-refractivity contribution in [1.29, 1.82) is 0 Å². The number of hydrogen-bond acceptors (Lipinski definition) is 6. The van der Waals surface area contributed by atoms with Crippen LogP contribution >= 0.6 is 0 Å². The summed E-state index contributed by atoms with van der Waals surface area (Å²) in [7, 11) is 2.71. The maximum atomic E-state index is 12.4. The smallest absolute Gasteiger partial charge is 0.346 e. The normalized spacial score (nSPS) is 11.8. The maximum Gasteiger partial charge on any atom is 0.346 e. The zero-order valence-electron chi connectivity index (χ0n) is 16.5. The fraction of sp³-hybridized carbons (Fsp3) is 0.500. The number of carbonyl (C=O) groups excluding carboxylic acids is 1. The number of carboxylic acids is 1. The number of carboxylic acid groups (broad SMARTS) is 1. The molecule has 0 aliphatic carbocycles. The minimum Gasteiger partial charge on any atom is -0.502 e. The average molecular weight is 380 g/mol. The van der Waals surface area contributed by atoms with Gasteiger partial charge in [-0.15, -0.1) is 0 Å². The van der Waals surface area contributed by atoms with Gasteiger partial charge in [0.15, 0.2) is 11.5 Å². The van der Waals surface area contributed by atoms with Gasteiger partial charge in [-0.3, -0.25) is 0 Å². The molecule has 7 heteroatoms. The fourth-order valence-corrected chi connectivity index (χ4v) is 2.53. The Hall–Kier alpha value is -2.70. The van der Waals surface area contributed by atoms with E-state index in [1.165, 1.54) is 26.4 Å². The van der Waals surface area contributed by atoms with Gasteiger partial charge in [-0.25, -0.2) is 9.59 Å². The van der Waals surface area contributed by atoms with Gasteiger partial charge in [0.1, 0.15) is 11.2 Å². The number of ether oxygens (including phenoxy) is 3. The molecule has 0 aliphatic rings. The quantitative estimate of drug-likeness (QED) is 0.209. The topological polar surface area (TPSA) is 102 Å². The summed E-state index contributed by atoms with van der Waals surface area (Å²) in [6, 6.07) is 2.81. The van der Waals surface area contributed by atoms with Gasteiger partial charge in [0, 0.05) is 0 Å². The van der Waals surface area contributed by atoms with Crippen molar-refractivity contribution in [2.75, 3.05) is 14.2 Å². The number of phenols is 1. The molecule has 1 rings (SSSR count). The molecule has 1 aromatic rings. The molecule has 0 unspecified atom stereocenters. The zero-order valence-corrected chi connectivity index (χ0v) is 16.5. The molecule has 0 atom stereocenters. The van der Waals surface area contributed by atoms with E-state index in [0.717, 1.165) is 25.3 Å². The van der Waals surface area contributed by atoms with Crippen molar-refractivity contribution in [2.24, 2.45) is 0 Å². The van der Waals surface area contributed by atoms with Gasteiger partial charge in [0.2, 0.25) is 5.75 Å². The average Bonchev–Trinajstić information content (AvgIpc) is 2.59. The molecule has 0 bridgehead atoms. The summed E-state index contributed by atoms with van der Waals surface area (Å²) in [5, 5.41) is 19.4. The highest BCUT2D eigenvalue weighted by atomic mass is 16.6. The first-order chi connectivity index (χ1) is 12.6. The number of rotatable bonds is 10. The van der Waals surface area contributed by atoms with E-state index in [4.69, 9.17) is 14.2 Å². The summed E-state index contributed by atoms with van der Waals surface area (Å²) in [6.07, 6.45) is 4.73. The Morgan fingerprint density at radius 3 is 2.11 bits per heavy atom. The summed E-state index contributed by atoms with van der Waals surface area (Å²) < 4.78 is 15.5. The first-order valence-corrected chi connectivity index (χ1v) is 8.78. The van der Waals surface area contributed by atoms with Crippen molar-refractivity contribution in [3.8, 4) is 17.2 Å². The lowest BCUT2D eigenvalue weighted by Crippen LogP contribution is -2.30. The zero-order chi connectivity index (χ0) is 20.6. The van der Waals surface area contributed by atoms with Crippen LogP contribution in [0, 0.1) is 0 Å². The van der Waals surface area contributed by atoms with Crippen LogP contribution in [0.15, 0.2) is 17.7 Å². The first kappa shape index (κ1) is 22.3. The van der Waals surface area contributed by atoms with Crippen molar-refractivity contribution in [3.05, 3.63) is 23.3 Å². The van der Waals surface area contributed by atoms with Gasteiger partial charge in [0.25, 0.3) is 0 Å². The lowest BCUT2D eigenvalue weighted by Gasteiger charge is -2.25. The number of benzene rings is 1. The molecule has 27 heavy (non-hydrogen) atoms. The van der Waals surface area contributed by atoms with Crippen LogP contribution in [0.4, 0.5) is 0 Å². The van der Waals surface area contributed by atoms with Gasteiger partial charge >= 0.3 is 11.9 Å². The van der Waals surface area contributed by atoms with E-state index >= 15 is 0 Å². The molecule has 0 aliphatic heterocycles. The van der Waals surface area contributed by atoms with Crippen LogP contribution in [0.1, 0.15) is 52.0 Å². The van der Waals surface area contributed by atoms with E-state index in [2.05, 4.69) is 6.92 Å². The Morgan fingerprint density at radius 2 is 1.67 bits per heavy atom. The summed E-state index contributed by atoms with van der Waals surface area (Å²) in [5.74, 6) is -2.35. The number of unbranched alkanes of at least 4 members (excludes halogenated alkanes) is 2. The van der Waals surface area contributed by atoms with Gasteiger partial charge in [-0.2, -0.15) is 0 Å². The van der Waals surface area contributed by atoms with E-state index < -0.39 is 23.1 Å². The molecule has 0 aromatic heterocycles. The first-order valence-electron chi connectivity index (χ1n) is 8.78. The Labute approximate surface area is 159 Å². The van der Waals surface area contributed by atoms with E-state index in [-0.39, 0.29) is 17.2 Å². The fourth-order valence-electron chi connectivity index (χ4n) is 2.53. The number of esters is 1. The number of carbonyl (C=O) groups is 2. The highest BCUT2D eigenvalue weighted by Crippen LogP contribution is 2.37. The van der Waals surface area contributed by atoms with Gasteiger partial charge in [0.05, 0.1) is 14.2 Å². The van der Waals surface area contributed by atoms with E-state index in [1.807, 2.05) is 0 Å². The largest absolute Gasteiger partial charge is 0.502 e. The minimum absolute atomic E-state index is 0.0959. The van der Waals surface area contributed by atoms with Crippen LogP contribution in [-0.4, -0.2) is 42.0 Å². The van der Waals surface area contributed by atoms with Crippen LogP contribution in [0.2, 0.25) is 0 Å². The molecule has 0 saturated carbocycles. The van der Waals surface area contributed by atoms with Gasteiger partial charge < -0.3 is 24.4 Å². The predicted octanol–water partition coefficient (Wildman–Crippen LogP) is 3.78. The molecule has 150 valence electrons. The van der Waals surface area contributed by atoms with Crippen LogP contribution < -0.4 is 9.47 Å². The van der Waals surface area contributed by atoms with E-state index in [9.17, 15) is 19.8 Å². The Kier molecular flexibility index (Phi) is 8.15. The molecule has 0 heterocycles. The number of methoxy groups -OCH3 is 2. The van der Waals surface area contributed by atoms with Crippen molar-refractivity contribution < 1.29 is 34.0 Å². The molecule has 7 nitrogen and oxygen atoms in total. The summed E-state index contributed by atoms with van der Waals surface area (Å²) in [5.41, 5.74) is -0.974. The standard InChI is InChI=1S/C20H28O7/c1-6-7-8-9-20(2,3)27-19(24)14(18(22)23)10-13-11-15(25-4)17(21)16(12-13)26-5/h10-12,21H,6-9H2,1-5H3,(H,22,23). The van der Waals surface area contributed by atoms with Gasteiger partial charge in [-0.1, -0.05) is 19.8 Å². The molecule has 0 fully saturated rings. The van der Waals surface area contributed by atoms with Crippen molar-refractivity contribution in [2.45, 2.75) is 52.1 Å². The van der Waals surface area contributed by atoms with Crippen LogP contribution in [0.5, 0.6) is 17.2 Å². The third kappa shape index (κ3) is 6.51. The second-order valence-corrected chi connectivity index (χ2v) is 6.74. The maximum absolute atomic E-state index is 12.4. The lowest BCUT2D eigenvalue weighted by molar-refractivity contribution is -0.154. The summed E-state index contributed by atoms with van der Waals surface area (Å²) in [4.78, 5) is 24.0. The highest BCUT2D eigenvalue weighted by Gasteiger charge is 2.28. The molecule has 0 radical (unpaired) electrons. The van der Waals surface area contributed by atoms with Crippen molar-refractivity contribution in [1.82, 2.24) is 0 Å². The molecule has 0 spiro atoms. The molecular weight excluding hydrogens is 352 g/mol. The predicted molar refractivity (Wildman–Crippen MR) is 101 cm³/mol. The molecule has 0 amide bonds. The summed E-state index contributed by atoms with van der Waals surface area (Å²) >= 11 is 0. The number of hydrogen-bond donors (Lipinski definition) is 2. The van der Waals surface area contributed by atoms with Crippen molar-refractivity contribution >= 4 is 18.0 Å². The second kappa shape index (κ2) is 9.85. The monoisotopic (exact) mass is 380 g/mol. The lowest BCUT2D eigenvalue weighted by atomic mass is 10.00. The van der Waals surface area contributed by atoms with E-state index in [0.29, 0.717) is 12.0 Å². The second-order valence-electron chi connectivity index (χ2n) is 6.74. The third-order valence-electron chi connectivity index (χ3n) is 4.01. The molecule has 0 saturated heterocycles. The molecule has 2 N–H and O–H groups in total. The number of aliphatic carboxylic acids is 1.